The second kappa shape index (κ2) is 6.55. The van der Waals surface area contributed by atoms with Gasteiger partial charge in [-0.25, -0.2) is 0 Å². The summed E-state index contributed by atoms with van der Waals surface area (Å²) in [6.45, 7) is 8.30. The van der Waals surface area contributed by atoms with Gasteiger partial charge in [0.2, 0.25) is 0 Å². The first-order chi connectivity index (χ1) is 7.56. The maximum atomic E-state index is 9.97. The van der Waals surface area contributed by atoms with E-state index in [1.165, 1.54) is 0 Å². The van der Waals surface area contributed by atoms with Crippen molar-refractivity contribution in [1.29, 1.82) is 0 Å². The number of ether oxygens (including phenoxy) is 1. The van der Waals surface area contributed by atoms with Crippen LogP contribution in [0.4, 0.5) is 0 Å². The first-order valence-corrected chi connectivity index (χ1v) is 6.32. The summed E-state index contributed by atoms with van der Waals surface area (Å²) in [5.41, 5.74) is 4.94. The van der Waals surface area contributed by atoms with Crippen LogP contribution < -0.4 is 5.73 Å². The molecule has 3 N–H and O–H groups in total. The molecule has 1 aliphatic rings. The van der Waals surface area contributed by atoms with E-state index >= 15 is 0 Å². The minimum absolute atomic E-state index is 0.323. The van der Waals surface area contributed by atoms with Crippen LogP contribution in [0, 0.1) is 0 Å². The Morgan fingerprint density at radius 2 is 2.00 bits per heavy atom. The van der Waals surface area contributed by atoms with E-state index in [4.69, 9.17) is 10.5 Å². The normalized spacial score (nSPS) is 21.6. The number of hydrogen-bond acceptors (Lipinski definition) is 4. The maximum Gasteiger partial charge on any atom is 0.0793 e. The third-order valence-corrected chi connectivity index (χ3v) is 3.24. The average Bonchev–Trinajstić information content (AvgIpc) is 2.27. The smallest absolute Gasteiger partial charge is 0.0793 e. The fourth-order valence-electron chi connectivity index (χ4n) is 2.00. The van der Waals surface area contributed by atoms with E-state index in [9.17, 15) is 5.11 Å². The molecule has 0 bridgehead atoms. The topological polar surface area (TPSA) is 58.7 Å². The molecule has 0 amide bonds. The molecule has 0 radical (unpaired) electrons. The molecule has 0 saturated carbocycles. The minimum atomic E-state index is -0.606. The SMILES string of the molecule is CC(C)OCCCN1CCC(O)(CN)CC1. The summed E-state index contributed by atoms with van der Waals surface area (Å²) >= 11 is 0. The lowest BCUT2D eigenvalue weighted by Crippen LogP contribution is -2.48. The molecule has 4 heteroatoms. The first kappa shape index (κ1) is 13.9. The molecule has 0 aliphatic carbocycles. The van der Waals surface area contributed by atoms with E-state index in [1.807, 2.05) is 0 Å². The molecular weight excluding hydrogens is 204 g/mol. The summed E-state index contributed by atoms with van der Waals surface area (Å²) in [5, 5.41) is 9.97. The molecule has 0 spiro atoms. The largest absolute Gasteiger partial charge is 0.388 e. The molecule has 1 rings (SSSR count). The average molecular weight is 230 g/mol. The number of piperidine rings is 1. The number of rotatable bonds is 6. The second-order valence-electron chi connectivity index (χ2n) is 5.04. The van der Waals surface area contributed by atoms with Gasteiger partial charge in [0.15, 0.2) is 0 Å². The van der Waals surface area contributed by atoms with Crippen molar-refractivity contribution in [2.45, 2.75) is 44.8 Å². The minimum Gasteiger partial charge on any atom is -0.388 e. The highest BCUT2D eigenvalue weighted by molar-refractivity contribution is 4.86. The van der Waals surface area contributed by atoms with Gasteiger partial charge in [0.25, 0.3) is 0 Å². The van der Waals surface area contributed by atoms with Crippen LogP contribution >= 0.6 is 0 Å². The third-order valence-electron chi connectivity index (χ3n) is 3.24. The Kier molecular flexibility index (Phi) is 5.69. The molecule has 1 fully saturated rings. The highest BCUT2D eigenvalue weighted by Crippen LogP contribution is 2.20. The van der Waals surface area contributed by atoms with Gasteiger partial charge in [0.1, 0.15) is 0 Å². The van der Waals surface area contributed by atoms with E-state index in [1.54, 1.807) is 0 Å². The summed E-state index contributed by atoms with van der Waals surface area (Å²) in [7, 11) is 0. The number of nitrogens with two attached hydrogens (primary N) is 1. The Bertz CT molecular complexity index is 189. The van der Waals surface area contributed by atoms with Crippen molar-refractivity contribution in [3.8, 4) is 0 Å². The molecule has 0 atom stereocenters. The molecule has 1 saturated heterocycles. The van der Waals surface area contributed by atoms with Gasteiger partial charge >= 0.3 is 0 Å². The lowest BCUT2D eigenvalue weighted by atomic mass is 9.91. The summed E-state index contributed by atoms with van der Waals surface area (Å²) in [5.74, 6) is 0. The van der Waals surface area contributed by atoms with Crippen LogP contribution in [0.25, 0.3) is 0 Å². The van der Waals surface area contributed by atoms with Gasteiger partial charge in [0.05, 0.1) is 11.7 Å². The molecule has 0 aromatic heterocycles. The summed E-state index contributed by atoms with van der Waals surface area (Å²) in [6.07, 6.45) is 2.99. The molecule has 1 aliphatic heterocycles. The van der Waals surface area contributed by atoms with Crippen molar-refractivity contribution in [3.63, 3.8) is 0 Å². The zero-order chi connectivity index (χ0) is 12.0. The highest BCUT2D eigenvalue weighted by atomic mass is 16.5. The fraction of sp³-hybridized carbons (Fsp3) is 1.00. The number of hydrogen-bond donors (Lipinski definition) is 2. The molecule has 1 heterocycles. The van der Waals surface area contributed by atoms with Gasteiger partial charge < -0.3 is 20.5 Å². The van der Waals surface area contributed by atoms with Crippen molar-refractivity contribution in [3.05, 3.63) is 0 Å². The van der Waals surface area contributed by atoms with E-state index < -0.39 is 5.60 Å². The Morgan fingerprint density at radius 3 is 2.50 bits per heavy atom. The van der Waals surface area contributed by atoms with Crippen molar-refractivity contribution in [2.24, 2.45) is 5.73 Å². The number of nitrogens with zero attached hydrogens (tertiary/aromatic N) is 1. The molecule has 0 unspecified atom stereocenters. The molecule has 4 nitrogen and oxygen atoms in total. The standard InChI is InChI=1S/C12H26N2O2/c1-11(2)16-9-3-6-14-7-4-12(15,10-13)5-8-14/h11,15H,3-10,13H2,1-2H3. The van der Waals surface area contributed by atoms with Gasteiger partial charge in [-0.1, -0.05) is 0 Å². The monoisotopic (exact) mass is 230 g/mol. The summed E-state index contributed by atoms with van der Waals surface area (Å²) in [4.78, 5) is 2.38. The molecule has 96 valence electrons. The van der Waals surface area contributed by atoms with Crippen LogP contribution in [0.15, 0.2) is 0 Å². The number of aliphatic hydroxyl groups is 1. The van der Waals surface area contributed by atoms with Crippen molar-refractivity contribution in [1.82, 2.24) is 4.90 Å². The van der Waals surface area contributed by atoms with E-state index in [0.29, 0.717) is 12.6 Å². The molecule has 0 aromatic rings. The van der Waals surface area contributed by atoms with Gasteiger partial charge in [-0.3, -0.25) is 0 Å². The van der Waals surface area contributed by atoms with E-state index in [0.717, 1.165) is 45.5 Å². The Labute approximate surface area is 98.8 Å². The Hall–Kier alpha value is -0.160. The molecule has 0 aromatic carbocycles. The quantitative estimate of drug-likeness (QED) is 0.656. The van der Waals surface area contributed by atoms with Crippen molar-refractivity contribution < 1.29 is 9.84 Å². The summed E-state index contributed by atoms with van der Waals surface area (Å²) in [6, 6.07) is 0. The fourth-order valence-corrected chi connectivity index (χ4v) is 2.00. The predicted octanol–water partition coefficient (Wildman–Crippen LogP) is 0.587. The lowest BCUT2D eigenvalue weighted by molar-refractivity contribution is -0.0160. The summed E-state index contributed by atoms with van der Waals surface area (Å²) < 4.78 is 5.50. The van der Waals surface area contributed by atoms with E-state index in [-0.39, 0.29) is 0 Å². The van der Waals surface area contributed by atoms with Gasteiger partial charge in [-0.2, -0.15) is 0 Å². The molecular formula is C12H26N2O2. The van der Waals surface area contributed by atoms with Crippen molar-refractivity contribution >= 4 is 0 Å². The first-order valence-electron chi connectivity index (χ1n) is 6.32. The highest BCUT2D eigenvalue weighted by Gasteiger charge is 2.30. The van der Waals surface area contributed by atoms with Gasteiger partial charge in [-0.15, -0.1) is 0 Å². The Balaban J connectivity index is 2.08. The zero-order valence-corrected chi connectivity index (χ0v) is 10.6. The van der Waals surface area contributed by atoms with Gasteiger partial charge in [-0.05, 0) is 33.1 Å². The van der Waals surface area contributed by atoms with Crippen LogP contribution in [0.5, 0.6) is 0 Å². The third kappa shape index (κ3) is 4.78. The maximum absolute atomic E-state index is 9.97. The van der Waals surface area contributed by atoms with Crippen LogP contribution in [0.3, 0.4) is 0 Å². The van der Waals surface area contributed by atoms with Crippen LogP contribution in [0.2, 0.25) is 0 Å². The zero-order valence-electron chi connectivity index (χ0n) is 10.6. The van der Waals surface area contributed by atoms with Crippen molar-refractivity contribution in [2.75, 3.05) is 32.8 Å². The second-order valence-corrected chi connectivity index (χ2v) is 5.04. The Morgan fingerprint density at radius 1 is 1.38 bits per heavy atom. The van der Waals surface area contributed by atoms with Crippen LogP contribution in [0.1, 0.15) is 33.1 Å². The van der Waals surface area contributed by atoms with Crippen LogP contribution in [-0.2, 0) is 4.74 Å². The van der Waals surface area contributed by atoms with E-state index in [2.05, 4.69) is 18.7 Å². The van der Waals surface area contributed by atoms with Gasteiger partial charge in [0, 0.05) is 32.8 Å². The molecule has 16 heavy (non-hydrogen) atoms. The lowest BCUT2D eigenvalue weighted by Gasteiger charge is -2.37. The number of likely N-dealkylation sites (tertiary alicyclic amines) is 1. The predicted molar refractivity (Wildman–Crippen MR) is 65.4 cm³/mol. The van der Waals surface area contributed by atoms with Crippen LogP contribution in [-0.4, -0.2) is 54.5 Å².